The van der Waals surface area contributed by atoms with E-state index in [1.807, 2.05) is 30.3 Å². The van der Waals surface area contributed by atoms with E-state index >= 15 is 0 Å². The molecule has 0 bridgehead atoms. The molecular formula is C17H12ClF3N2. The maximum absolute atomic E-state index is 13.2. The zero-order valence-electron chi connectivity index (χ0n) is 11.8. The molecule has 2 aromatic carbocycles. The molecule has 1 aliphatic rings. The Labute approximate surface area is 136 Å². The first-order valence-corrected chi connectivity index (χ1v) is 7.26. The summed E-state index contributed by atoms with van der Waals surface area (Å²) in [4.78, 5) is 4.10. The van der Waals surface area contributed by atoms with Crippen LogP contribution in [-0.4, -0.2) is 5.29 Å². The average Bonchev–Trinajstić information content (AvgIpc) is 2.54. The van der Waals surface area contributed by atoms with Crippen molar-refractivity contribution >= 4 is 22.6 Å². The Morgan fingerprint density at radius 3 is 2.30 bits per heavy atom. The minimum atomic E-state index is -4.44. The third-order valence-corrected chi connectivity index (χ3v) is 3.68. The fourth-order valence-corrected chi connectivity index (χ4v) is 2.67. The molecule has 1 unspecified atom stereocenters. The lowest BCUT2D eigenvalue weighted by molar-refractivity contribution is -0.138. The van der Waals surface area contributed by atoms with Gasteiger partial charge >= 0.3 is 6.18 Å². The van der Waals surface area contributed by atoms with Crippen molar-refractivity contribution in [2.45, 2.75) is 12.2 Å². The van der Waals surface area contributed by atoms with Crippen molar-refractivity contribution in [1.82, 2.24) is 5.32 Å². The Morgan fingerprint density at radius 1 is 0.957 bits per heavy atom. The van der Waals surface area contributed by atoms with Gasteiger partial charge in [-0.25, -0.2) is 4.99 Å². The van der Waals surface area contributed by atoms with E-state index in [2.05, 4.69) is 10.3 Å². The number of rotatable bonds is 2. The topological polar surface area (TPSA) is 24.4 Å². The molecule has 0 spiro atoms. The normalized spacial score (nSPS) is 18.0. The maximum atomic E-state index is 13.2. The number of hydrogen-bond acceptors (Lipinski definition) is 2. The Balaban J connectivity index is 2.06. The lowest BCUT2D eigenvalue weighted by atomic mass is 9.97. The van der Waals surface area contributed by atoms with Crippen LogP contribution in [-0.2, 0) is 6.18 Å². The molecule has 1 atom stereocenters. The van der Waals surface area contributed by atoms with E-state index in [1.54, 1.807) is 12.1 Å². The van der Waals surface area contributed by atoms with Gasteiger partial charge in [0.2, 0.25) is 0 Å². The van der Waals surface area contributed by atoms with Crippen LogP contribution in [0.5, 0.6) is 0 Å². The number of amidine groups is 1. The lowest BCUT2D eigenvalue weighted by Crippen LogP contribution is -2.23. The molecule has 2 aromatic rings. The molecular weight excluding hydrogens is 325 g/mol. The monoisotopic (exact) mass is 336 g/mol. The van der Waals surface area contributed by atoms with Gasteiger partial charge in [0, 0.05) is 5.70 Å². The fraction of sp³-hybridized carbons (Fsp3) is 0.118. The number of alkyl halides is 3. The molecule has 6 heteroatoms. The predicted molar refractivity (Wildman–Crippen MR) is 85.0 cm³/mol. The molecule has 3 rings (SSSR count). The number of nitrogens with one attached hydrogen (secondary N) is 1. The van der Waals surface area contributed by atoms with Gasteiger partial charge in [0.25, 0.3) is 0 Å². The van der Waals surface area contributed by atoms with Crippen molar-refractivity contribution in [3.63, 3.8) is 0 Å². The highest BCUT2D eigenvalue weighted by atomic mass is 35.5. The van der Waals surface area contributed by atoms with E-state index in [9.17, 15) is 13.2 Å². The molecule has 1 heterocycles. The summed E-state index contributed by atoms with van der Waals surface area (Å²) in [6, 6.07) is 13.8. The number of halogens is 4. The molecule has 0 radical (unpaired) electrons. The van der Waals surface area contributed by atoms with Crippen LogP contribution in [0.4, 0.5) is 13.2 Å². The van der Waals surface area contributed by atoms with Gasteiger partial charge in [0.05, 0.1) is 11.6 Å². The molecule has 0 saturated carbocycles. The summed E-state index contributed by atoms with van der Waals surface area (Å²) in [7, 11) is 0. The van der Waals surface area contributed by atoms with Gasteiger partial charge in [0.1, 0.15) is 0 Å². The third-order valence-electron chi connectivity index (χ3n) is 3.48. The second-order valence-electron chi connectivity index (χ2n) is 5.02. The summed E-state index contributed by atoms with van der Waals surface area (Å²) < 4.78 is 39.6. The highest BCUT2D eigenvalue weighted by Gasteiger charge is 2.35. The van der Waals surface area contributed by atoms with Gasteiger partial charge in [-0.05, 0) is 34.9 Å². The van der Waals surface area contributed by atoms with Gasteiger partial charge in [-0.15, -0.1) is 0 Å². The highest BCUT2D eigenvalue weighted by Crippen LogP contribution is 2.37. The highest BCUT2D eigenvalue weighted by molar-refractivity contribution is 6.65. The first kappa shape index (κ1) is 15.6. The second kappa shape index (κ2) is 6.08. The van der Waals surface area contributed by atoms with Gasteiger partial charge in [-0.2, -0.15) is 13.2 Å². The van der Waals surface area contributed by atoms with Gasteiger partial charge < -0.3 is 5.32 Å². The Morgan fingerprint density at radius 2 is 1.61 bits per heavy atom. The molecule has 1 N–H and O–H groups in total. The van der Waals surface area contributed by atoms with Crippen LogP contribution in [0.25, 0.3) is 5.70 Å². The van der Waals surface area contributed by atoms with Crippen LogP contribution >= 0.6 is 11.6 Å². The summed E-state index contributed by atoms with van der Waals surface area (Å²) in [6.07, 6.45) is -2.80. The second-order valence-corrected chi connectivity index (χ2v) is 5.38. The maximum Gasteiger partial charge on any atom is 0.416 e. The molecule has 2 nitrogen and oxygen atoms in total. The van der Waals surface area contributed by atoms with Crippen molar-refractivity contribution in [1.29, 1.82) is 0 Å². The minimum absolute atomic E-state index is 0.0633. The number of benzene rings is 2. The van der Waals surface area contributed by atoms with Crippen LogP contribution in [0.2, 0.25) is 0 Å². The quantitative estimate of drug-likeness (QED) is 0.768. The fourth-order valence-electron chi connectivity index (χ4n) is 2.46. The number of nitrogens with zero attached hydrogens (tertiary/aromatic N) is 1. The molecule has 1 aliphatic heterocycles. The first-order chi connectivity index (χ1) is 10.9. The number of hydrogen-bond donors (Lipinski definition) is 1. The summed E-state index contributed by atoms with van der Waals surface area (Å²) in [5.41, 5.74) is 0.833. The SMILES string of the molecule is FC(F)(F)c1ccccc1C1C=C(c2ccccc2)NC(Cl)=N1. The molecule has 23 heavy (non-hydrogen) atoms. The molecule has 0 fully saturated rings. The van der Waals surface area contributed by atoms with Crippen molar-refractivity contribution in [3.8, 4) is 0 Å². The standard InChI is InChI=1S/C17H12ClF3N2/c18-16-22-14(11-6-2-1-3-7-11)10-15(23-16)12-8-4-5-9-13(12)17(19,20)21/h1-10,15H,(H,22,23). The molecule has 118 valence electrons. The Hall–Kier alpha value is -2.27. The lowest BCUT2D eigenvalue weighted by Gasteiger charge is -2.22. The first-order valence-electron chi connectivity index (χ1n) is 6.89. The van der Waals surface area contributed by atoms with Crippen LogP contribution in [0.15, 0.2) is 65.7 Å². The average molecular weight is 337 g/mol. The van der Waals surface area contributed by atoms with Crippen LogP contribution < -0.4 is 5.32 Å². The third kappa shape index (κ3) is 3.40. The summed E-state index contributed by atoms with van der Waals surface area (Å²) in [6.45, 7) is 0. The summed E-state index contributed by atoms with van der Waals surface area (Å²) in [5.74, 6) is 0. The minimum Gasteiger partial charge on any atom is -0.330 e. The molecule has 0 aromatic heterocycles. The van der Waals surface area contributed by atoms with Gasteiger partial charge in [-0.3, -0.25) is 0 Å². The molecule has 0 aliphatic carbocycles. The predicted octanol–water partition coefficient (Wildman–Crippen LogP) is 4.99. The van der Waals surface area contributed by atoms with E-state index in [1.165, 1.54) is 12.1 Å². The largest absolute Gasteiger partial charge is 0.416 e. The van der Waals surface area contributed by atoms with Crippen molar-refractivity contribution in [3.05, 3.63) is 77.4 Å². The van der Waals surface area contributed by atoms with Crippen molar-refractivity contribution in [2.75, 3.05) is 0 Å². The van der Waals surface area contributed by atoms with E-state index in [0.29, 0.717) is 5.70 Å². The van der Waals surface area contributed by atoms with E-state index in [-0.39, 0.29) is 10.9 Å². The molecule has 0 saturated heterocycles. The zero-order chi connectivity index (χ0) is 16.4. The summed E-state index contributed by atoms with van der Waals surface area (Å²) in [5, 5.41) is 2.95. The van der Waals surface area contributed by atoms with Gasteiger partial charge in [0.15, 0.2) is 5.29 Å². The van der Waals surface area contributed by atoms with E-state index in [0.717, 1.165) is 11.6 Å². The van der Waals surface area contributed by atoms with E-state index < -0.39 is 17.8 Å². The van der Waals surface area contributed by atoms with Crippen LogP contribution in [0.1, 0.15) is 22.7 Å². The zero-order valence-corrected chi connectivity index (χ0v) is 12.6. The Kier molecular flexibility index (Phi) is 4.13. The van der Waals surface area contributed by atoms with E-state index in [4.69, 9.17) is 11.6 Å². The summed E-state index contributed by atoms with van der Waals surface area (Å²) >= 11 is 5.99. The van der Waals surface area contributed by atoms with Crippen molar-refractivity contribution < 1.29 is 13.2 Å². The van der Waals surface area contributed by atoms with Crippen LogP contribution in [0.3, 0.4) is 0 Å². The smallest absolute Gasteiger partial charge is 0.330 e. The van der Waals surface area contributed by atoms with Crippen LogP contribution in [0, 0.1) is 0 Å². The molecule has 0 amide bonds. The van der Waals surface area contributed by atoms with Gasteiger partial charge in [-0.1, -0.05) is 48.5 Å². The Bertz CT molecular complexity index is 767. The number of aliphatic imine (C=N–C) groups is 1. The van der Waals surface area contributed by atoms with Crippen molar-refractivity contribution in [2.24, 2.45) is 4.99 Å².